The molecule has 0 unspecified atom stereocenters. The van der Waals surface area contributed by atoms with Crippen molar-refractivity contribution in [2.75, 3.05) is 29.4 Å². The van der Waals surface area contributed by atoms with Gasteiger partial charge in [0.05, 0.1) is 5.69 Å². The first kappa shape index (κ1) is 11.3. The van der Waals surface area contributed by atoms with Crippen LogP contribution in [0.3, 0.4) is 0 Å². The van der Waals surface area contributed by atoms with Gasteiger partial charge in [-0.05, 0) is 38.0 Å². The number of amides is 1. The second-order valence-electron chi connectivity index (χ2n) is 4.81. The Balaban J connectivity index is 1.91. The van der Waals surface area contributed by atoms with Gasteiger partial charge in [-0.1, -0.05) is 6.07 Å². The van der Waals surface area contributed by atoms with Crippen LogP contribution in [0.2, 0.25) is 0 Å². The van der Waals surface area contributed by atoms with Crippen LogP contribution in [0.15, 0.2) is 29.3 Å². The van der Waals surface area contributed by atoms with Crippen molar-refractivity contribution in [2.45, 2.75) is 19.8 Å². The molecular formula is C14H17N3O. The fourth-order valence-electron chi connectivity index (χ4n) is 2.64. The molecule has 0 radical (unpaired) electrons. The molecule has 2 aliphatic heterocycles. The van der Waals surface area contributed by atoms with Crippen LogP contribution in [-0.4, -0.2) is 31.4 Å². The Morgan fingerprint density at radius 1 is 1.17 bits per heavy atom. The van der Waals surface area contributed by atoms with E-state index < -0.39 is 0 Å². The molecule has 0 aromatic heterocycles. The minimum absolute atomic E-state index is 0.0612. The van der Waals surface area contributed by atoms with Crippen molar-refractivity contribution in [2.24, 2.45) is 4.99 Å². The molecule has 1 aromatic rings. The van der Waals surface area contributed by atoms with E-state index in [1.165, 1.54) is 18.5 Å². The fourth-order valence-corrected chi connectivity index (χ4v) is 2.64. The third-order valence-electron chi connectivity index (χ3n) is 3.58. The SMILES string of the molecule is CC1=NCC(=O)N1c1cccc(N2CCCC2)c1. The Morgan fingerprint density at radius 2 is 1.89 bits per heavy atom. The number of carbonyl (C=O) groups is 1. The molecule has 2 aliphatic rings. The fraction of sp³-hybridized carbons (Fsp3) is 0.429. The molecule has 1 fully saturated rings. The highest BCUT2D eigenvalue weighted by molar-refractivity contribution is 6.20. The Labute approximate surface area is 107 Å². The summed E-state index contributed by atoms with van der Waals surface area (Å²) in [5, 5.41) is 0. The van der Waals surface area contributed by atoms with Gasteiger partial charge in [-0.15, -0.1) is 0 Å². The van der Waals surface area contributed by atoms with E-state index in [0.29, 0.717) is 0 Å². The van der Waals surface area contributed by atoms with E-state index in [4.69, 9.17) is 0 Å². The van der Waals surface area contributed by atoms with Crippen molar-refractivity contribution in [1.82, 2.24) is 0 Å². The van der Waals surface area contributed by atoms with Gasteiger partial charge < -0.3 is 4.90 Å². The standard InChI is InChI=1S/C14H17N3O/c1-11-15-10-14(18)17(11)13-6-4-5-12(9-13)16-7-2-3-8-16/h4-6,9H,2-3,7-8,10H2,1H3. The number of carbonyl (C=O) groups excluding carboxylic acids is 1. The van der Waals surface area contributed by atoms with Crippen LogP contribution >= 0.6 is 0 Å². The molecule has 0 aliphatic carbocycles. The zero-order valence-electron chi connectivity index (χ0n) is 10.6. The molecule has 94 valence electrons. The highest BCUT2D eigenvalue weighted by Crippen LogP contribution is 2.26. The second-order valence-corrected chi connectivity index (χ2v) is 4.81. The van der Waals surface area contributed by atoms with E-state index >= 15 is 0 Å². The van der Waals surface area contributed by atoms with Gasteiger partial charge in [0, 0.05) is 18.8 Å². The molecule has 4 nitrogen and oxygen atoms in total. The molecule has 0 saturated carbocycles. The van der Waals surface area contributed by atoms with Gasteiger partial charge in [0.25, 0.3) is 5.91 Å². The molecule has 0 spiro atoms. The first-order chi connectivity index (χ1) is 8.75. The third kappa shape index (κ3) is 1.88. The largest absolute Gasteiger partial charge is 0.371 e. The molecule has 1 saturated heterocycles. The monoisotopic (exact) mass is 243 g/mol. The van der Waals surface area contributed by atoms with E-state index in [2.05, 4.69) is 22.0 Å². The topological polar surface area (TPSA) is 35.9 Å². The van der Waals surface area contributed by atoms with Crippen LogP contribution in [0.4, 0.5) is 11.4 Å². The molecule has 1 amide bonds. The predicted octanol–water partition coefficient (Wildman–Crippen LogP) is 2.05. The van der Waals surface area contributed by atoms with Crippen LogP contribution in [0.1, 0.15) is 19.8 Å². The maximum atomic E-state index is 11.8. The molecule has 0 N–H and O–H groups in total. The van der Waals surface area contributed by atoms with Crippen LogP contribution in [0, 0.1) is 0 Å². The molecule has 0 bridgehead atoms. The number of rotatable bonds is 2. The predicted molar refractivity (Wildman–Crippen MR) is 73.4 cm³/mol. The summed E-state index contributed by atoms with van der Waals surface area (Å²) in [5.41, 5.74) is 2.14. The summed E-state index contributed by atoms with van der Waals surface area (Å²) < 4.78 is 0. The molecular weight excluding hydrogens is 226 g/mol. The highest BCUT2D eigenvalue weighted by atomic mass is 16.2. The minimum Gasteiger partial charge on any atom is -0.371 e. The van der Waals surface area contributed by atoms with Crippen LogP contribution in [-0.2, 0) is 4.79 Å². The number of hydrogen-bond donors (Lipinski definition) is 0. The van der Waals surface area contributed by atoms with Gasteiger partial charge in [-0.25, -0.2) is 0 Å². The molecule has 1 aromatic carbocycles. The number of nitrogens with zero attached hydrogens (tertiary/aromatic N) is 3. The lowest BCUT2D eigenvalue weighted by atomic mass is 10.2. The van der Waals surface area contributed by atoms with Crippen LogP contribution in [0.25, 0.3) is 0 Å². The smallest absolute Gasteiger partial charge is 0.254 e. The van der Waals surface area contributed by atoms with Crippen molar-refractivity contribution in [3.05, 3.63) is 24.3 Å². The van der Waals surface area contributed by atoms with Crippen molar-refractivity contribution < 1.29 is 4.79 Å². The highest BCUT2D eigenvalue weighted by Gasteiger charge is 2.24. The van der Waals surface area contributed by atoms with E-state index in [9.17, 15) is 4.79 Å². The summed E-state index contributed by atoms with van der Waals surface area (Å²) in [7, 11) is 0. The van der Waals surface area contributed by atoms with Crippen LogP contribution < -0.4 is 9.80 Å². The van der Waals surface area contributed by atoms with Gasteiger partial charge in [-0.3, -0.25) is 14.7 Å². The maximum Gasteiger partial charge on any atom is 0.254 e. The van der Waals surface area contributed by atoms with Crippen molar-refractivity contribution in [3.8, 4) is 0 Å². The Bertz CT molecular complexity index is 504. The minimum atomic E-state index is 0.0612. The Morgan fingerprint density at radius 3 is 2.56 bits per heavy atom. The lowest BCUT2D eigenvalue weighted by Gasteiger charge is -2.21. The van der Waals surface area contributed by atoms with E-state index in [1.54, 1.807) is 4.90 Å². The van der Waals surface area contributed by atoms with E-state index in [-0.39, 0.29) is 12.5 Å². The zero-order valence-corrected chi connectivity index (χ0v) is 10.6. The van der Waals surface area contributed by atoms with Gasteiger partial charge in [0.1, 0.15) is 12.4 Å². The number of benzene rings is 1. The summed E-state index contributed by atoms with van der Waals surface area (Å²) in [4.78, 5) is 20.1. The molecule has 18 heavy (non-hydrogen) atoms. The number of hydrogen-bond acceptors (Lipinski definition) is 3. The van der Waals surface area contributed by atoms with Gasteiger partial charge in [0.2, 0.25) is 0 Å². The summed E-state index contributed by atoms with van der Waals surface area (Å²) in [6.45, 7) is 4.39. The normalized spacial score (nSPS) is 19.6. The average molecular weight is 243 g/mol. The maximum absolute atomic E-state index is 11.8. The molecule has 2 heterocycles. The van der Waals surface area contributed by atoms with Gasteiger partial charge in [0.15, 0.2) is 0 Å². The second kappa shape index (κ2) is 4.44. The lowest BCUT2D eigenvalue weighted by molar-refractivity contribution is -0.115. The van der Waals surface area contributed by atoms with Crippen molar-refractivity contribution in [1.29, 1.82) is 0 Å². The molecule has 4 heteroatoms. The Kier molecular flexibility index (Phi) is 2.78. The summed E-state index contributed by atoms with van der Waals surface area (Å²) in [5.74, 6) is 0.852. The van der Waals surface area contributed by atoms with Crippen LogP contribution in [0.5, 0.6) is 0 Å². The summed E-state index contributed by atoms with van der Waals surface area (Å²) in [6.07, 6.45) is 2.51. The zero-order chi connectivity index (χ0) is 12.5. The third-order valence-corrected chi connectivity index (χ3v) is 3.58. The Hall–Kier alpha value is -1.84. The number of aliphatic imine (C=N–C) groups is 1. The number of anilines is 2. The average Bonchev–Trinajstić information content (AvgIpc) is 3.00. The lowest BCUT2D eigenvalue weighted by Crippen LogP contribution is -2.30. The molecule has 0 atom stereocenters. The van der Waals surface area contributed by atoms with Crippen molar-refractivity contribution in [3.63, 3.8) is 0 Å². The summed E-state index contributed by atoms with van der Waals surface area (Å²) in [6, 6.07) is 8.19. The number of amidine groups is 1. The van der Waals surface area contributed by atoms with Gasteiger partial charge >= 0.3 is 0 Å². The molecule has 3 rings (SSSR count). The van der Waals surface area contributed by atoms with E-state index in [1.807, 2.05) is 19.1 Å². The summed E-state index contributed by atoms with van der Waals surface area (Å²) >= 11 is 0. The van der Waals surface area contributed by atoms with Crippen molar-refractivity contribution >= 4 is 23.1 Å². The quantitative estimate of drug-likeness (QED) is 0.797. The van der Waals surface area contributed by atoms with E-state index in [0.717, 1.165) is 24.6 Å². The first-order valence-corrected chi connectivity index (χ1v) is 6.45. The first-order valence-electron chi connectivity index (χ1n) is 6.45. The van der Waals surface area contributed by atoms with Gasteiger partial charge in [-0.2, -0.15) is 0 Å².